The SMILES string of the molecule is Cc1ccc(-c2noc(COC3CC(F)(F)C3(F)F)n2)cc1NC(=O)c1cnc2ccccn12. The molecule has 1 aliphatic rings. The predicted molar refractivity (Wildman–Crippen MR) is 111 cm³/mol. The normalized spacial score (nSPS) is 18.6. The molecule has 176 valence electrons. The number of aryl methyl sites for hydroxylation is 1. The molecule has 1 atom stereocenters. The Morgan fingerprint density at radius 1 is 1.26 bits per heavy atom. The van der Waals surface area contributed by atoms with Crippen molar-refractivity contribution in [1.82, 2.24) is 19.5 Å². The molecule has 3 aromatic heterocycles. The van der Waals surface area contributed by atoms with E-state index in [1.807, 2.05) is 6.07 Å². The number of imidazole rings is 1. The molecule has 1 unspecified atom stereocenters. The van der Waals surface area contributed by atoms with Gasteiger partial charge in [-0.15, -0.1) is 0 Å². The summed E-state index contributed by atoms with van der Waals surface area (Å²) in [6, 6.07) is 10.4. The molecule has 1 aliphatic carbocycles. The lowest BCUT2D eigenvalue weighted by Gasteiger charge is -2.42. The van der Waals surface area contributed by atoms with Crippen molar-refractivity contribution in [3.05, 3.63) is 65.9 Å². The number of carbonyl (C=O) groups is 1. The number of nitrogens with zero attached hydrogens (tertiary/aromatic N) is 4. The first-order valence-corrected chi connectivity index (χ1v) is 10.2. The van der Waals surface area contributed by atoms with E-state index in [0.717, 1.165) is 5.56 Å². The van der Waals surface area contributed by atoms with Gasteiger partial charge in [-0.1, -0.05) is 23.4 Å². The van der Waals surface area contributed by atoms with E-state index in [1.165, 1.54) is 6.20 Å². The van der Waals surface area contributed by atoms with Crippen LogP contribution in [0.3, 0.4) is 0 Å². The zero-order valence-electron chi connectivity index (χ0n) is 17.6. The topological polar surface area (TPSA) is 94.5 Å². The van der Waals surface area contributed by atoms with Crippen molar-refractivity contribution in [2.75, 3.05) is 5.32 Å². The maximum Gasteiger partial charge on any atom is 0.335 e. The van der Waals surface area contributed by atoms with Crippen molar-refractivity contribution < 1.29 is 31.6 Å². The van der Waals surface area contributed by atoms with Gasteiger partial charge in [0.1, 0.15) is 24.1 Å². The lowest BCUT2D eigenvalue weighted by Crippen LogP contribution is -2.63. The first-order valence-electron chi connectivity index (χ1n) is 10.2. The molecular formula is C22H17F4N5O3. The molecule has 0 spiro atoms. The van der Waals surface area contributed by atoms with E-state index in [2.05, 4.69) is 20.4 Å². The molecule has 1 fully saturated rings. The van der Waals surface area contributed by atoms with E-state index in [1.54, 1.807) is 47.9 Å². The minimum Gasteiger partial charge on any atom is -0.362 e. The second-order valence-corrected chi connectivity index (χ2v) is 7.90. The number of ether oxygens (including phenoxy) is 1. The fourth-order valence-corrected chi connectivity index (χ4v) is 3.55. The molecule has 12 heteroatoms. The van der Waals surface area contributed by atoms with E-state index >= 15 is 0 Å². The maximum atomic E-state index is 13.3. The lowest BCUT2D eigenvalue weighted by atomic mass is 9.85. The third kappa shape index (κ3) is 3.69. The summed E-state index contributed by atoms with van der Waals surface area (Å²) >= 11 is 0. The largest absolute Gasteiger partial charge is 0.362 e. The number of alkyl halides is 4. The van der Waals surface area contributed by atoms with Gasteiger partial charge in [0.15, 0.2) is 0 Å². The molecule has 3 heterocycles. The number of aromatic nitrogens is 4. The Hall–Kier alpha value is -3.80. The minimum atomic E-state index is -4.24. The Labute approximate surface area is 189 Å². The number of halogens is 4. The standard InChI is InChI=1S/C22H17F4N5O3/c1-12-5-6-13(8-14(12)28-20(32)15-10-27-17-4-2-3-7-31(15)17)19-29-18(34-30-19)11-33-16-9-21(23,24)22(16,25)26/h2-8,10,16H,9,11H2,1H3,(H,28,32). The van der Waals surface area contributed by atoms with Crippen LogP contribution in [-0.4, -0.2) is 43.4 Å². The highest BCUT2D eigenvalue weighted by molar-refractivity contribution is 6.04. The van der Waals surface area contributed by atoms with Gasteiger partial charge in [-0.2, -0.15) is 22.5 Å². The number of anilines is 1. The Morgan fingerprint density at radius 2 is 2.09 bits per heavy atom. The van der Waals surface area contributed by atoms with Gasteiger partial charge >= 0.3 is 11.8 Å². The monoisotopic (exact) mass is 475 g/mol. The van der Waals surface area contributed by atoms with Gasteiger partial charge in [0.2, 0.25) is 5.82 Å². The van der Waals surface area contributed by atoms with Gasteiger partial charge in [0, 0.05) is 17.4 Å². The average molecular weight is 475 g/mol. The van der Waals surface area contributed by atoms with Gasteiger partial charge in [-0.05, 0) is 30.7 Å². The van der Waals surface area contributed by atoms with E-state index in [4.69, 9.17) is 9.26 Å². The van der Waals surface area contributed by atoms with Gasteiger partial charge < -0.3 is 14.6 Å². The maximum absolute atomic E-state index is 13.3. The van der Waals surface area contributed by atoms with Gasteiger partial charge in [0.05, 0.1) is 12.6 Å². The second-order valence-electron chi connectivity index (χ2n) is 7.90. The number of pyridine rings is 1. The van der Waals surface area contributed by atoms with Crippen molar-refractivity contribution in [1.29, 1.82) is 0 Å². The van der Waals surface area contributed by atoms with Crippen LogP contribution in [0, 0.1) is 6.92 Å². The summed E-state index contributed by atoms with van der Waals surface area (Å²) in [7, 11) is 0. The second kappa shape index (κ2) is 7.90. The van der Waals surface area contributed by atoms with Crippen LogP contribution in [0.15, 0.2) is 53.3 Å². The molecule has 8 nitrogen and oxygen atoms in total. The van der Waals surface area contributed by atoms with Crippen molar-refractivity contribution in [2.24, 2.45) is 0 Å². The van der Waals surface area contributed by atoms with E-state index in [9.17, 15) is 22.4 Å². The summed E-state index contributed by atoms with van der Waals surface area (Å²) in [5, 5.41) is 6.61. The molecule has 4 aromatic rings. The number of nitrogens with one attached hydrogen (secondary N) is 1. The highest BCUT2D eigenvalue weighted by Crippen LogP contribution is 2.52. The van der Waals surface area contributed by atoms with Crippen molar-refractivity contribution in [3.8, 4) is 11.4 Å². The van der Waals surface area contributed by atoms with Crippen LogP contribution in [-0.2, 0) is 11.3 Å². The Balaban J connectivity index is 1.29. The number of amides is 1. The van der Waals surface area contributed by atoms with Crippen LogP contribution in [0.1, 0.15) is 28.4 Å². The van der Waals surface area contributed by atoms with Crippen LogP contribution in [0.4, 0.5) is 23.2 Å². The number of carbonyl (C=O) groups excluding carboxylic acids is 1. The van der Waals surface area contributed by atoms with Crippen molar-refractivity contribution in [3.63, 3.8) is 0 Å². The summed E-state index contributed by atoms with van der Waals surface area (Å²) in [4.78, 5) is 21.1. The summed E-state index contributed by atoms with van der Waals surface area (Å²) in [6.07, 6.45) is 0.202. The zero-order chi connectivity index (χ0) is 24.1. The molecule has 0 radical (unpaired) electrons. The highest BCUT2D eigenvalue weighted by Gasteiger charge is 2.72. The molecule has 1 N–H and O–H groups in total. The molecule has 0 saturated heterocycles. The molecule has 5 rings (SSSR count). The number of fused-ring (bicyclic) bond motifs is 1. The van der Waals surface area contributed by atoms with Crippen LogP contribution in [0.5, 0.6) is 0 Å². The molecule has 34 heavy (non-hydrogen) atoms. The fourth-order valence-electron chi connectivity index (χ4n) is 3.55. The molecule has 0 aliphatic heterocycles. The average Bonchev–Trinajstić information content (AvgIpc) is 3.45. The number of hydrogen-bond acceptors (Lipinski definition) is 6. The smallest absolute Gasteiger partial charge is 0.335 e. The van der Waals surface area contributed by atoms with E-state index in [-0.39, 0.29) is 17.6 Å². The van der Waals surface area contributed by atoms with Crippen molar-refractivity contribution >= 4 is 17.2 Å². The Kier molecular flexibility index (Phi) is 5.12. The summed E-state index contributed by atoms with van der Waals surface area (Å²) in [6.45, 7) is 1.27. The van der Waals surface area contributed by atoms with Crippen LogP contribution in [0.2, 0.25) is 0 Å². The van der Waals surface area contributed by atoms with Crippen LogP contribution in [0.25, 0.3) is 17.0 Å². The quantitative estimate of drug-likeness (QED) is 0.413. The molecular weight excluding hydrogens is 458 g/mol. The highest BCUT2D eigenvalue weighted by atomic mass is 19.3. The molecule has 1 amide bonds. The molecule has 1 saturated carbocycles. The van der Waals surface area contributed by atoms with E-state index in [0.29, 0.717) is 22.6 Å². The van der Waals surface area contributed by atoms with Crippen molar-refractivity contribution in [2.45, 2.75) is 37.9 Å². The number of hydrogen-bond donors (Lipinski definition) is 1. The summed E-state index contributed by atoms with van der Waals surface area (Å²) in [5.41, 5.74) is 2.72. The predicted octanol–water partition coefficient (Wildman–Crippen LogP) is 4.50. The van der Waals surface area contributed by atoms with Gasteiger partial charge in [-0.25, -0.2) is 4.98 Å². The zero-order valence-corrected chi connectivity index (χ0v) is 17.6. The fraction of sp³-hybridized carbons (Fsp3) is 0.273. The first-order chi connectivity index (χ1) is 16.2. The Bertz CT molecular complexity index is 1380. The first kappa shape index (κ1) is 22.0. The molecule has 1 aromatic carbocycles. The number of rotatable bonds is 6. The van der Waals surface area contributed by atoms with Crippen LogP contribution < -0.4 is 5.32 Å². The Morgan fingerprint density at radius 3 is 2.85 bits per heavy atom. The summed E-state index contributed by atoms with van der Waals surface area (Å²) < 4.78 is 64.0. The summed E-state index contributed by atoms with van der Waals surface area (Å²) in [5.74, 6) is -8.71. The minimum absolute atomic E-state index is 0.120. The number of benzene rings is 1. The van der Waals surface area contributed by atoms with Crippen LogP contribution >= 0.6 is 0 Å². The lowest BCUT2D eigenvalue weighted by molar-refractivity contribution is -0.343. The van der Waals surface area contributed by atoms with Gasteiger partial charge in [-0.3, -0.25) is 9.20 Å². The third-order valence-electron chi connectivity index (χ3n) is 5.60. The third-order valence-corrected chi connectivity index (χ3v) is 5.60. The molecule has 0 bridgehead atoms. The van der Waals surface area contributed by atoms with E-state index < -0.39 is 31.0 Å². The van der Waals surface area contributed by atoms with Gasteiger partial charge in [0.25, 0.3) is 11.8 Å².